The van der Waals surface area contributed by atoms with Crippen molar-refractivity contribution in [3.63, 3.8) is 0 Å². The highest BCUT2D eigenvalue weighted by Crippen LogP contribution is 2.21. The second-order valence-corrected chi connectivity index (χ2v) is 7.20. The highest BCUT2D eigenvalue weighted by atomic mass is 16.2. The molecule has 1 aromatic heterocycles. The Morgan fingerprint density at radius 1 is 1.26 bits per heavy atom. The van der Waals surface area contributed by atoms with Crippen LogP contribution >= 0.6 is 0 Å². The Kier molecular flexibility index (Phi) is 5.91. The molecule has 2 aromatic rings. The van der Waals surface area contributed by atoms with E-state index in [-0.39, 0.29) is 23.4 Å². The Bertz CT molecular complexity index is 890. The van der Waals surface area contributed by atoms with Crippen LogP contribution in [-0.2, 0) is 4.79 Å². The largest absolute Gasteiger partial charge is 0.352 e. The van der Waals surface area contributed by atoms with Gasteiger partial charge >= 0.3 is 0 Å². The van der Waals surface area contributed by atoms with Crippen molar-refractivity contribution in [3.05, 3.63) is 46.4 Å². The number of hydrogen-bond donors (Lipinski definition) is 2. The van der Waals surface area contributed by atoms with Crippen LogP contribution in [0.15, 0.2) is 35.3 Å². The SMILES string of the molecule is CN(C)CCN1C(=O)CCC1CCNC(=O)c1c[nH]c(=O)c2ccccc12. The number of fused-ring (bicyclic) bond motifs is 1. The normalized spacial score (nSPS) is 17.1. The van der Waals surface area contributed by atoms with E-state index in [2.05, 4.69) is 15.2 Å². The Morgan fingerprint density at radius 2 is 2.00 bits per heavy atom. The molecule has 2 amide bonds. The second kappa shape index (κ2) is 8.35. The monoisotopic (exact) mass is 370 g/mol. The van der Waals surface area contributed by atoms with Gasteiger partial charge in [0, 0.05) is 49.1 Å². The first kappa shape index (κ1) is 19.1. The average Bonchev–Trinajstić information content (AvgIpc) is 3.00. The minimum atomic E-state index is -0.216. The van der Waals surface area contributed by atoms with Crippen LogP contribution in [0, 0.1) is 0 Å². The molecule has 1 aliphatic heterocycles. The van der Waals surface area contributed by atoms with E-state index in [0.29, 0.717) is 29.3 Å². The van der Waals surface area contributed by atoms with Gasteiger partial charge < -0.3 is 20.1 Å². The van der Waals surface area contributed by atoms with E-state index in [0.717, 1.165) is 25.9 Å². The molecule has 2 heterocycles. The van der Waals surface area contributed by atoms with Crippen LogP contribution in [-0.4, -0.2) is 66.4 Å². The number of hydrogen-bond acceptors (Lipinski definition) is 4. The van der Waals surface area contributed by atoms with E-state index >= 15 is 0 Å². The van der Waals surface area contributed by atoms with Crippen molar-refractivity contribution in [1.82, 2.24) is 20.1 Å². The van der Waals surface area contributed by atoms with Crippen LogP contribution in [0.2, 0.25) is 0 Å². The van der Waals surface area contributed by atoms with Crippen LogP contribution in [0.3, 0.4) is 0 Å². The lowest BCUT2D eigenvalue weighted by Gasteiger charge is -2.26. The lowest BCUT2D eigenvalue weighted by Crippen LogP contribution is -2.40. The predicted molar refractivity (Wildman–Crippen MR) is 105 cm³/mol. The number of aromatic amines is 1. The number of H-pyrrole nitrogens is 1. The molecule has 0 spiro atoms. The second-order valence-electron chi connectivity index (χ2n) is 7.20. The molecule has 0 radical (unpaired) electrons. The Labute approximate surface area is 158 Å². The maximum atomic E-state index is 12.6. The number of benzene rings is 1. The van der Waals surface area contributed by atoms with Crippen LogP contribution in [0.5, 0.6) is 0 Å². The molecule has 7 heteroatoms. The number of amides is 2. The van der Waals surface area contributed by atoms with E-state index < -0.39 is 0 Å². The molecule has 2 N–H and O–H groups in total. The Morgan fingerprint density at radius 3 is 2.74 bits per heavy atom. The molecule has 1 unspecified atom stereocenters. The number of carbonyl (C=O) groups is 2. The summed E-state index contributed by atoms with van der Waals surface area (Å²) in [4.78, 5) is 43.2. The van der Waals surface area contributed by atoms with Gasteiger partial charge in [0.15, 0.2) is 0 Å². The van der Waals surface area contributed by atoms with Crippen molar-refractivity contribution in [2.45, 2.75) is 25.3 Å². The Hall–Kier alpha value is -2.67. The summed E-state index contributed by atoms with van der Waals surface area (Å²) in [6, 6.07) is 7.24. The molecule has 1 fully saturated rings. The number of likely N-dealkylation sites (tertiary alicyclic amines) is 1. The van der Waals surface area contributed by atoms with Gasteiger partial charge in [-0.2, -0.15) is 0 Å². The molecule has 3 rings (SSSR count). The molecule has 7 nitrogen and oxygen atoms in total. The third-order valence-corrected chi connectivity index (χ3v) is 5.06. The molecule has 0 aliphatic carbocycles. The summed E-state index contributed by atoms with van der Waals surface area (Å²) in [5.41, 5.74) is 0.250. The molecule has 0 bridgehead atoms. The van der Waals surface area contributed by atoms with Crippen LogP contribution in [0.4, 0.5) is 0 Å². The van der Waals surface area contributed by atoms with Crippen molar-refractivity contribution in [3.8, 4) is 0 Å². The fraction of sp³-hybridized carbons (Fsp3) is 0.450. The summed E-state index contributed by atoms with van der Waals surface area (Å²) < 4.78 is 0. The van der Waals surface area contributed by atoms with Gasteiger partial charge in [-0.1, -0.05) is 18.2 Å². The highest BCUT2D eigenvalue weighted by Gasteiger charge is 2.30. The third-order valence-electron chi connectivity index (χ3n) is 5.06. The van der Waals surface area contributed by atoms with Gasteiger partial charge in [-0.3, -0.25) is 14.4 Å². The Balaban J connectivity index is 1.61. The van der Waals surface area contributed by atoms with Crippen molar-refractivity contribution in [2.75, 3.05) is 33.7 Å². The minimum absolute atomic E-state index is 0.171. The minimum Gasteiger partial charge on any atom is -0.352 e. The lowest BCUT2D eigenvalue weighted by atomic mass is 10.1. The summed E-state index contributed by atoms with van der Waals surface area (Å²) in [5, 5.41) is 4.07. The molecule has 1 aromatic carbocycles. The lowest BCUT2D eigenvalue weighted by molar-refractivity contribution is -0.129. The summed E-state index contributed by atoms with van der Waals surface area (Å²) >= 11 is 0. The fourth-order valence-corrected chi connectivity index (χ4v) is 3.55. The maximum absolute atomic E-state index is 12.6. The molecular weight excluding hydrogens is 344 g/mol. The third kappa shape index (κ3) is 4.36. The highest BCUT2D eigenvalue weighted by molar-refractivity contribution is 6.06. The number of pyridine rings is 1. The predicted octanol–water partition coefficient (Wildman–Crippen LogP) is 1.20. The maximum Gasteiger partial charge on any atom is 0.255 e. The summed E-state index contributed by atoms with van der Waals surface area (Å²) in [5.74, 6) is -0.0218. The molecule has 1 saturated heterocycles. The zero-order valence-electron chi connectivity index (χ0n) is 15.8. The molecule has 1 atom stereocenters. The van der Waals surface area contributed by atoms with Gasteiger partial charge in [0.2, 0.25) is 5.91 Å². The average molecular weight is 370 g/mol. The van der Waals surface area contributed by atoms with Crippen molar-refractivity contribution >= 4 is 22.6 Å². The zero-order chi connectivity index (χ0) is 19.4. The van der Waals surface area contributed by atoms with E-state index in [1.807, 2.05) is 25.1 Å². The molecule has 27 heavy (non-hydrogen) atoms. The zero-order valence-corrected chi connectivity index (χ0v) is 15.8. The van der Waals surface area contributed by atoms with Gasteiger partial charge in [0.05, 0.1) is 5.56 Å². The molecule has 1 aliphatic rings. The van der Waals surface area contributed by atoms with Gasteiger partial charge in [-0.05, 0) is 33.0 Å². The van der Waals surface area contributed by atoms with Crippen LogP contribution in [0.25, 0.3) is 10.8 Å². The van der Waals surface area contributed by atoms with Gasteiger partial charge in [-0.25, -0.2) is 0 Å². The van der Waals surface area contributed by atoms with Gasteiger partial charge in [0.1, 0.15) is 0 Å². The molecule has 0 saturated carbocycles. The van der Waals surface area contributed by atoms with E-state index in [4.69, 9.17) is 0 Å². The molecular formula is C20H26N4O3. The summed E-state index contributed by atoms with van der Waals surface area (Å²) in [6.07, 6.45) is 3.61. The standard InChI is InChI=1S/C20H26N4O3/c1-23(2)11-12-24-14(7-8-18(24)25)9-10-21-20(27)17-13-22-19(26)16-6-4-3-5-15(16)17/h3-6,13-14H,7-12H2,1-2H3,(H,21,27)(H,22,26). The number of nitrogens with zero attached hydrogens (tertiary/aromatic N) is 2. The number of nitrogens with one attached hydrogen (secondary N) is 2. The number of carbonyl (C=O) groups excluding carboxylic acids is 2. The quantitative estimate of drug-likeness (QED) is 0.767. The van der Waals surface area contributed by atoms with E-state index in [1.54, 1.807) is 18.2 Å². The smallest absolute Gasteiger partial charge is 0.255 e. The first-order valence-corrected chi connectivity index (χ1v) is 9.30. The number of rotatable bonds is 7. The summed E-state index contributed by atoms with van der Waals surface area (Å²) in [7, 11) is 3.98. The van der Waals surface area contributed by atoms with Crippen molar-refractivity contribution in [1.29, 1.82) is 0 Å². The molecule has 144 valence electrons. The van der Waals surface area contributed by atoms with Crippen molar-refractivity contribution < 1.29 is 9.59 Å². The first-order valence-electron chi connectivity index (χ1n) is 9.30. The fourth-order valence-electron chi connectivity index (χ4n) is 3.55. The topological polar surface area (TPSA) is 85.5 Å². The number of aromatic nitrogens is 1. The van der Waals surface area contributed by atoms with Gasteiger partial charge in [0.25, 0.3) is 11.5 Å². The van der Waals surface area contributed by atoms with Crippen molar-refractivity contribution in [2.24, 2.45) is 0 Å². The summed E-state index contributed by atoms with van der Waals surface area (Å²) in [6.45, 7) is 2.04. The first-order chi connectivity index (χ1) is 13.0. The van der Waals surface area contributed by atoms with Crippen LogP contribution in [0.1, 0.15) is 29.6 Å². The van der Waals surface area contributed by atoms with E-state index in [9.17, 15) is 14.4 Å². The van der Waals surface area contributed by atoms with Crippen LogP contribution < -0.4 is 10.9 Å². The number of likely N-dealkylation sites (N-methyl/N-ethyl adjacent to an activating group) is 1. The van der Waals surface area contributed by atoms with Gasteiger partial charge in [-0.15, -0.1) is 0 Å². The van der Waals surface area contributed by atoms with E-state index in [1.165, 1.54) is 6.20 Å².